The number of hydrogen-bond donors (Lipinski definition) is 2. The summed E-state index contributed by atoms with van der Waals surface area (Å²) >= 11 is 4.79. The van der Waals surface area contributed by atoms with Gasteiger partial charge in [-0.15, -0.1) is 0 Å². The zero-order valence-electron chi connectivity index (χ0n) is 10.4. The normalized spacial score (nSPS) is 10.8. The van der Waals surface area contributed by atoms with E-state index in [4.69, 9.17) is 16.6 Å². The Hall–Kier alpha value is -2.54. The molecule has 0 saturated heterocycles. The van der Waals surface area contributed by atoms with Gasteiger partial charge < -0.3 is 4.42 Å². The molecular formula is C13H9N3O3S. The number of nitrogens with zero attached hydrogens (tertiary/aromatic N) is 1. The van der Waals surface area contributed by atoms with Crippen LogP contribution in [0.25, 0.3) is 22.2 Å². The third kappa shape index (κ3) is 2.08. The first-order valence-electron chi connectivity index (χ1n) is 5.78. The second-order valence-corrected chi connectivity index (χ2v) is 4.74. The maximum absolute atomic E-state index is 11.9. The fourth-order valence-corrected chi connectivity index (χ4v) is 2.13. The molecule has 0 aliphatic heterocycles. The molecule has 0 aliphatic carbocycles. The molecule has 0 fully saturated rings. The summed E-state index contributed by atoms with van der Waals surface area (Å²) in [5, 5.41) is 7.06. The van der Waals surface area contributed by atoms with Crippen LogP contribution in [0.1, 0.15) is 5.56 Å². The fraction of sp³-hybridized carbons (Fsp3) is 0.0769. The molecule has 2 heterocycles. The maximum atomic E-state index is 11.9. The molecule has 0 saturated carbocycles. The molecule has 3 aromatic rings. The van der Waals surface area contributed by atoms with Gasteiger partial charge in [-0.1, -0.05) is 12.1 Å². The second-order valence-electron chi connectivity index (χ2n) is 4.33. The number of hydrogen-bond acceptors (Lipinski definition) is 5. The van der Waals surface area contributed by atoms with Gasteiger partial charge in [0.1, 0.15) is 5.58 Å². The molecule has 0 bridgehead atoms. The first-order valence-corrected chi connectivity index (χ1v) is 6.19. The summed E-state index contributed by atoms with van der Waals surface area (Å²) in [5.41, 5.74) is 0.871. The van der Waals surface area contributed by atoms with E-state index in [0.717, 1.165) is 5.56 Å². The fourth-order valence-electron chi connectivity index (χ4n) is 2.00. The van der Waals surface area contributed by atoms with E-state index < -0.39 is 11.2 Å². The molecule has 1 aromatic carbocycles. The molecule has 2 aromatic heterocycles. The molecule has 0 spiro atoms. The van der Waals surface area contributed by atoms with Gasteiger partial charge in [-0.25, -0.2) is 4.79 Å². The maximum Gasteiger partial charge on any atom is 0.336 e. The van der Waals surface area contributed by atoms with Gasteiger partial charge in [0.15, 0.2) is 10.5 Å². The van der Waals surface area contributed by atoms with E-state index in [0.29, 0.717) is 16.5 Å². The van der Waals surface area contributed by atoms with Crippen LogP contribution in [-0.2, 0) is 0 Å². The van der Waals surface area contributed by atoms with Crippen molar-refractivity contribution in [2.75, 3.05) is 0 Å². The number of benzene rings is 1. The Morgan fingerprint density at radius 1 is 1.25 bits per heavy atom. The molecular weight excluding hydrogens is 278 g/mol. The number of H-pyrrole nitrogens is 2. The van der Waals surface area contributed by atoms with Crippen LogP contribution >= 0.6 is 12.2 Å². The van der Waals surface area contributed by atoms with Crippen molar-refractivity contribution < 1.29 is 4.42 Å². The predicted molar refractivity (Wildman–Crippen MR) is 76.3 cm³/mol. The van der Waals surface area contributed by atoms with Crippen LogP contribution in [0.3, 0.4) is 0 Å². The molecule has 6 nitrogen and oxygen atoms in total. The van der Waals surface area contributed by atoms with Gasteiger partial charge in [0, 0.05) is 17.0 Å². The van der Waals surface area contributed by atoms with Crippen molar-refractivity contribution in [1.82, 2.24) is 15.2 Å². The zero-order chi connectivity index (χ0) is 14.3. The Bertz CT molecular complexity index is 984. The monoisotopic (exact) mass is 287 g/mol. The molecule has 0 aliphatic rings. The molecule has 7 heteroatoms. The largest absolute Gasteiger partial charge is 0.423 e. The summed E-state index contributed by atoms with van der Waals surface area (Å²) in [6, 6.07) is 6.63. The summed E-state index contributed by atoms with van der Waals surface area (Å²) in [7, 11) is 0. The van der Waals surface area contributed by atoms with Crippen molar-refractivity contribution in [3.8, 4) is 11.3 Å². The predicted octanol–water partition coefficient (Wildman–Crippen LogP) is 1.91. The lowest BCUT2D eigenvalue weighted by atomic mass is 10.1. The lowest BCUT2D eigenvalue weighted by Crippen LogP contribution is -2.14. The van der Waals surface area contributed by atoms with Crippen LogP contribution in [0, 0.1) is 11.7 Å². The Morgan fingerprint density at radius 3 is 2.80 bits per heavy atom. The minimum atomic E-state index is -0.540. The average Bonchev–Trinajstić information content (AvgIpc) is 2.37. The van der Waals surface area contributed by atoms with E-state index in [-0.39, 0.29) is 10.5 Å². The average molecular weight is 287 g/mol. The van der Waals surface area contributed by atoms with Gasteiger partial charge >= 0.3 is 5.63 Å². The standard InChI is InChI=1S/C13H9N3O3S/c1-6-2-3-7-8(5-10(17)19-9(7)4-6)11-12(18)14-13(20)16-15-11/h2-5H,1H3,(H2,14,16,18,20). The number of aromatic nitrogens is 3. The summed E-state index contributed by atoms with van der Waals surface area (Å²) < 4.78 is 5.27. The highest BCUT2D eigenvalue weighted by molar-refractivity contribution is 7.71. The second kappa shape index (κ2) is 4.53. The van der Waals surface area contributed by atoms with Gasteiger partial charge in [0.2, 0.25) is 0 Å². The zero-order valence-corrected chi connectivity index (χ0v) is 11.2. The van der Waals surface area contributed by atoms with Crippen LogP contribution in [0.2, 0.25) is 0 Å². The molecule has 20 heavy (non-hydrogen) atoms. The summed E-state index contributed by atoms with van der Waals surface area (Å²) in [6.07, 6.45) is 0. The van der Waals surface area contributed by atoms with Crippen LogP contribution in [-0.4, -0.2) is 15.2 Å². The third-order valence-corrected chi connectivity index (χ3v) is 3.06. The SMILES string of the molecule is Cc1ccc2c(-c3n[nH]c(=S)[nH]c3=O)cc(=O)oc2c1. The van der Waals surface area contributed by atoms with Crippen molar-refractivity contribution in [1.29, 1.82) is 0 Å². The Balaban J connectivity index is 2.44. The molecule has 3 rings (SSSR count). The van der Waals surface area contributed by atoms with Crippen LogP contribution in [0.15, 0.2) is 38.3 Å². The first-order chi connectivity index (χ1) is 9.54. The van der Waals surface area contributed by atoms with Crippen molar-refractivity contribution in [2.45, 2.75) is 6.92 Å². The van der Waals surface area contributed by atoms with E-state index in [1.54, 1.807) is 12.1 Å². The van der Waals surface area contributed by atoms with Crippen molar-refractivity contribution in [3.05, 3.63) is 55.4 Å². The molecule has 100 valence electrons. The minimum absolute atomic E-state index is 0.0975. The van der Waals surface area contributed by atoms with Crippen molar-refractivity contribution in [3.63, 3.8) is 0 Å². The van der Waals surface area contributed by atoms with E-state index in [2.05, 4.69) is 15.2 Å². The quantitative estimate of drug-likeness (QED) is 0.527. The van der Waals surface area contributed by atoms with E-state index in [1.807, 2.05) is 13.0 Å². The van der Waals surface area contributed by atoms with E-state index >= 15 is 0 Å². The topological polar surface area (TPSA) is 91.8 Å². The van der Waals surface area contributed by atoms with E-state index in [9.17, 15) is 9.59 Å². The Morgan fingerprint density at radius 2 is 2.05 bits per heavy atom. The first kappa shape index (κ1) is 12.5. The smallest absolute Gasteiger partial charge is 0.336 e. The van der Waals surface area contributed by atoms with Gasteiger partial charge in [-0.3, -0.25) is 14.9 Å². The molecule has 2 N–H and O–H groups in total. The lowest BCUT2D eigenvalue weighted by Gasteiger charge is -2.04. The highest BCUT2D eigenvalue weighted by Gasteiger charge is 2.12. The van der Waals surface area contributed by atoms with Crippen molar-refractivity contribution >= 4 is 23.2 Å². The minimum Gasteiger partial charge on any atom is -0.423 e. The molecule has 0 amide bonds. The van der Waals surface area contributed by atoms with Crippen LogP contribution < -0.4 is 11.2 Å². The summed E-state index contributed by atoms with van der Waals surface area (Å²) in [5.74, 6) is 0. The van der Waals surface area contributed by atoms with Gasteiger partial charge in [0.25, 0.3) is 5.56 Å². The Labute approximate surface area is 117 Å². The van der Waals surface area contributed by atoms with Crippen LogP contribution in [0.5, 0.6) is 0 Å². The number of fused-ring (bicyclic) bond motifs is 1. The van der Waals surface area contributed by atoms with Gasteiger partial charge in [-0.2, -0.15) is 5.10 Å². The molecule has 0 radical (unpaired) electrons. The van der Waals surface area contributed by atoms with Gasteiger partial charge in [0.05, 0.1) is 0 Å². The molecule has 0 unspecified atom stereocenters. The van der Waals surface area contributed by atoms with Crippen molar-refractivity contribution in [2.24, 2.45) is 0 Å². The number of nitrogens with one attached hydrogen (secondary N) is 2. The number of aryl methyl sites for hydroxylation is 1. The van der Waals surface area contributed by atoms with Crippen LogP contribution in [0.4, 0.5) is 0 Å². The molecule has 0 atom stereocenters. The number of rotatable bonds is 1. The third-order valence-electron chi connectivity index (χ3n) is 2.87. The number of aromatic amines is 2. The highest BCUT2D eigenvalue weighted by Crippen LogP contribution is 2.24. The Kier molecular flexibility index (Phi) is 2.83. The summed E-state index contributed by atoms with van der Waals surface area (Å²) in [4.78, 5) is 26.0. The summed E-state index contributed by atoms with van der Waals surface area (Å²) in [6.45, 7) is 1.89. The van der Waals surface area contributed by atoms with E-state index in [1.165, 1.54) is 6.07 Å². The highest BCUT2D eigenvalue weighted by atomic mass is 32.1. The van der Waals surface area contributed by atoms with Gasteiger partial charge in [-0.05, 0) is 30.8 Å². The lowest BCUT2D eigenvalue weighted by molar-refractivity contribution is 0.561.